The molecule has 0 spiro atoms. The van der Waals surface area contributed by atoms with Crippen LogP contribution in [0.1, 0.15) is 55.7 Å². The highest BCUT2D eigenvalue weighted by atomic mass is 16.5. The van der Waals surface area contributed by atoms with Gasteiger partial charge in [0.1, 0.15) is 0 Å². The van der Waals surface area contributed by atoms with E-state index in [-0.39, 0.29) is 30.1 Å². The molecule has 2 unspecified atom stereocenters. The first-order chi connectivity index (χ1) is 17.5. The standard InChI is InChI=1S/C29H36N2O5/c1-5-19-10-7-12-21-24(17-30-27(19)21)23(22-13-8-14-25(34-3)28(22)35-4)16-26(32)31-15-9-11-20(18-31)29(33)36-6-2/h7-8,10,12-14,17,20,23,30H,5-6,9,11,15-16,18H2,1-4H3. The zero-order valence-electron chi connectivity index (χ0n) is 21.6. The lowest BCUT2D eigenvalue weighted by Gasteiger charge is -2.33. The van der Waals surface area contributed by atoms with Gasteiger partial charge in [0.2, 0.25) is 5.91 Å². The largest absolute Gasteiger partial charge is 0.493 e. The summed E-state index contributed by atoms with van der Waals surface area (Å²) >= 11 is 0. The summed E-state index contributed by atoms with van der Waals surface area (Å²) < 4.78 is 16.6. The SMILES string of the molecule is CCOC(=O)C1CCCN(C(=O)CC(c2cccc(OC)c2OC)c2c[nH]c3c(CC)cccc23)C1. The number of methoxy groups -OCH3 is 2. The van der Waals surface area contributed by atoms with Crippen LogP contribution in [0.3, 0.4) is 0 Å². The van der Waals surface area contributed by atoms with Crippen LogP contribution in [0.5, 0.6) is 11.5 Å². The summed E-state index contributed by atoms with van der Waals surface area (Å²) in [6.45, 7) is 5.33. The third-order valence-corrected chi connectivity index (χ3v) is 7.17. The highest BCUT2D eigenvalue weighted by Gasteiger charge is 2.32. The molecule has 3 aromatic rings. The number of para-hydroxylation sites is 2. The van der Waals surface area contributed by atoms with Gasteiger partial charge in [0.25, 0.3) is 0 Å². The van der Waals surface area contributed by atoms with Crippen LogP contribution < -0.4 is 9.47 Å². The molecule has 0 saturated carbocycles. The monoisotopic (exact) mass is 492 g/mol. The van der Waals surface area contributed by atoms with Crippen molar-refractivity contribution in [1.82, 2.24) is 9.88 Å². The van der Waals surface area contributed by atoms with E-state index in [9.17, 15) is 9.59 Å². The highest BCUT2D eigenvalue weighted by molar-refractivity contribution is 5.88. The number of nitrogens with one attached hydrogen (secondary N) is 1. The molecule has 2 heterocycles. The van der Waals surface area contributed by atoms with Gasteiger partial charge in [-0.25, -0.2) is 0 Å². The summed E-state index contributed by atoms with van der Waals surface area (Å²) in [6.07, 6.45) is 4.71. The Morgan fingerprint density at radius 3 is 2.61 bits per heavy atom. The molecule has 1 aliphatic heterocycles. The number of carbonyl (C=O) groups excluding carboxylic acids is 2. The van der Waals surface area contributed by atoms with Gasteiger partial charge in [0.05, 0.1) is 26.7 Å². The number of ether oxygens (including phenoxy) is 3. The summed E-state index contributed by atoms with van der Waals surface area (Å²) in [4.78, 5) is 31.3. The van der Waals surface area contributed by atoms with Crippen LogP contribution in [0.15, 0.2) is 42.6 Å². The minimum atomic E-state index is -0.271. The first-order valence-electron chi connectivity index (χ1n) is 12.8. The molecule has 192 valence electrons. The Balaban J connectivity index is 1.72. The minimum Gasteiger partial charge on any atom is -0.493 e. The van der Waals surface area contributed by atoms with E-state index in [0.29, 0.717) is 31.2 Å². The molecule has 1 N–H and O–H groups in total. The molecule has 1 amide bonds. The number of hydrogen-bond acceptors (Lipinski definition) is 5. The molecule has 2 aromatic carbocycles. The number of esters is 1. The number of rotatable bonds is 9. The van der Waals surface area contributed by atoms with Crippen molar-refractivity contribution >= 4 is 22.8 Å². The maximum absolute atomic E-state index is 13.7. The van der Waals surface area contributed by atoms with Crippen LogP contribution >= 0.6 is 0 Å². The molecular formula is C29H36N2O5. The van der Waals surface area contributed by atoms with Gasteiger partial charge in [-0.2, -0.15) is 0 Å². The topological polar surface area (TPSA) is 80.9 Å². The molecule has 0 radical (unpaired) electrons. The smallest absolute Gasteiger partial charge is 0.310 e. The predicted octanol–water partition coefficient (Wildman–Crippen LogP) is 5.07. The Bertz CT molecular complexity index is 1220. The summed E-state index contributed by atoms with van der Waals surface area (Å²) in [6, 6.07) is 12.1. The first-order valence-corrected chi connectivity index (χ1v) is 12.8. The molecule has 4 rings (SSSR count). The Kier molecular flexibility index (Phi) is 8.18. The Hall–Kier alpha value is -3.48. The molecule has 0 aliphatic carbocycles. The number of benzene rings is 2. The molecule has 7 nitrogen and oxygen atoms in total. The van der Waals surface area contributed by atoms with E-state index in [1.165, 1.54) is 5.56 Å². The first kappa shape index (κ1) is 25.6. The lowest BCUT2D eigenvalue weighted by atomic mass is 9.86. The van der Waals surface area contributed by atoms with Gasteiger partial charge in [0, 0.05) is 48.1 Å². The number of aromatic nitrogens is 1. The van der Waals surface area contributed by atoms with Crippen molar-refractivity contribution in [3.05, 3.63) is 59.3 Å². The summed E-state index contributed by atoms with van der Waals surface area (Å²) in [5.74, 6) is 0.521. The van der Waals surface area contributed by atoms with Gasteiger partial charge in [-0.1, -0.05) is 37.3 Å². The number of nitrogens with zero attached hydrogens (tertiary/aromatic N) is 1. The second-order valence-corrected chi connectivity index (χ2v) is 9.21. The Labute approximate surface area is 212 Å². The highest BCUT2D eigenvalue weighted by Crippen LogP contribution is 2.42. The summed E-state index contributed by atoms with van der Waals surface area (Å²) in [5, 5.41) is 1.10. The number of piperidine rings is 1. The third-order valence-electron chi connectivity index (χ3n) is 7.17. The zero-order valence-corrected chi connectivity index (χ0v) is 21.6. The molecular weight excluding hydrogens is 456 g/mol. The number of aromatic amines is 1. The summed E-state index contributed by atoms with van der Waals surface area (Å²) in [7, 11) is 3.24. The number of H-pyrrole nitrogens is 1. The van der Waals surface area contributed by atoms with E-state index >= 15 is 0 Å². The second kappa shape index (κ2) is 11.5. The van der Waals surface area contributed by atoms with Crippen LogP contribution in [-0.2, 0) is 20.7 Å². The number of hydrogen-bond donors (Lipinski definition) is 1. The number of carbonyl (C=O) groups is 2. The fraction of sp³-hybridized carbons (Fsp3) is 0.448. The van der Waals surface area contributed by atoms with Crippen LogP contribution in [0.25, 0.3) is 10.9 Å². The predicted molar refractivity (Wildman–Crippen MR) is 140 cm³/mol. The van der Waals surface area contributed by atoms with Crippen molar-refractivity contribution in [1.29, 1.82) is 0 Å². The maximum Gasteiger partial charge on any atom is 0.310 e. The zero-order chi connectivity index (χ0) is 25.7. The van der Waals surface area contributed by atoms with E-state index in [0.717, 1.165) is 41.3 Å². The van der Waals surface area contributed by atoms with Crippen molar-refractivity contribution < 1.29 is 23.8 Å². The molecule has 1 aromatic heterocycles. The van der Waals surface area contributed by atoms with Crippen molar-refractivity contribution in [2.75, 3.05) is 33.9 Å². The van der Waals surface area contributed by atoms with Crippen molar-refractivity contribution in [3.8, 4) is 11.5 Å². The normalized spacial score (nSPS) is 16.6. The third kappa shape index (κ3) is 5.06. The van der Waals surface area contributed by atoms with Gasteiger partial charge in [-0.05, 0) is 43.4 Å². The lowest BCUT2D eigenvalue weighted by molar-refractivity contribution is -0.151. The van der Waals surface area contributed by atoms with Crippen LogP contribution in [0, 0.1) is 5.92 Å². The minimum absolute atomic E-state index is 0.0138. The number of amides is 1. The van der Waals surface area contributed by atoms with Crippen molar-refractivity contribution in [2.45, 2.75) is 45.4 Å². The fourth-order valence-corrected chi connectivity index (χ4v) is 5.36. The molecule has 1 aliphatic rings. The molecule has 0 bridgehead atoms. The average molecular weight is 493 g/mol. The van der Waals surface area contributed by atoms with Crippen LogP contribution in [0.2, 0.25) is 0 Å². The van der Waals surface area contributed by atoms with E-state index in [2.05, 4.69) is 30.1 Å². The van der Waals surface area contributed by atoms with Gasteiger partial charge in [-0.3, -0.25) is 9.59 Å². The maximum atomic E-state index is 13.7. The van der Waals surface area contributed by atoms with Gasteiger partial charge in [-0.15, -0.1) is 0 Å². The Morgan fingerprint density at radius 2 is 1.89 bits per heavy atom. The fourth-order valence-electron chi connectivity index (χ4n) is 5.36. The van der Waals surface area contributed by atoms with Crippen molar-refractivity contribution in [3.63, 3.8) is 0 Å². The number of likely N-dealkylation sites (tertiary alicyclic amines) is 1. The number of fused-ring (bicyclic) bond motifs is 1. The molecule has 7 heteroatoms. The van der Waals surface area contributed by atoms with Crippen molar-refractivity contribution in [2.24, 2.45) is 5.92 Å². The Morgan fingerprint density at radius 1 is 1.08 bits per heavy atom. The molecule has 1 saturated heterocycles. The molecule has 36 heavy (non-hydrogen) atoms. The second-order valence-electron chi connectivity index (χ2n) is 9.21. The van der Waals surface area contributed by atoms with E-state index < -0.39 is 0 Å². The quantitative estimate of drug-likeness (QED) is 0.422. The van der Waals surface area contributed by atoms with Crippen LogP contribution in [0.4, 0.5) is 0 Å². The van der Waals surface area contributed by atoms with E-state index in [1.54, 1.807) is 21.1 Å². The lowest BCUT2D eigenvalue weighted by Crippen LogP contribution is -2.43. The average Bonchev–Trinajstić information content (AvgIpc) is 3.35. The van der Waals surface area contributed by atoms with E-state index in [1.807, 2.05) is 29.3 Å². The molecule has 2 atom stereocenters. The van der Waals surface area contributed by atoms with E-state index in [4.69, 9.17) is 14.2 Å². The summed E-state index contributed by atoms with van der Waals surface area (Å²) in [5.41, 5.74) is 4.26. The van der Waals surface area contributed by atoms with Gasteiger partial charge < -0.3 is 24.1 Å². The van der Waals surface area contributed by atoms with Crippen LogP contribution in [-0.4, -0.2) is 55.7 Å². The number of aryl methyl sites for hydroxylation is 1. The van der Waals surface area contributed by atoms with Gasteiger partial charge in [0.15, 0.2) is 11.5 Å². The molecule has 1 fully saturated rings. The van der Waals surface area contributed by atoms with Gasteiger partial charge >= 0.3 is 5.97 Å².